The lowest BCUT2D eigenvalue weighted by Crippen LogP contribution is -1.86. The smallest absolute Gasteiger partial charge is 0.138 e. The van der Waals surface area contributed by atoms with Crippen molar-refractivity contribution in [1.82, 2.24) is 19.9 Å². The van der Waals surface area contributed by atoms with Crippen molar-refractivity contribution in [1.29, 1.82) is 0 Å². The summed E-state index contributed by atoms with van der Waals surface area (Å²) in [6, 6.07) is 14.5. The summed E-state index contributed by atoms with van der Waals surface area (Å²) in [4.78, 5) is 16.0. The molecule has 0 unspecified atom stereocenters. The van der Waals surface area contributed by atoms with E-state index in [1.165, 1.54) is 6.20 Å². The van der Waals surface area contributed by atoms with E-state index in [-0.39, 0.29) is 5.75 Å². The Morgan fingerprint density at radius 1 is 0.710 bits per heavy atom. The molecule has 0 amide bonds. The summed E-state index contributed by atoms with van der Waals surface area (Å²) in [5.41, 5.74) is 2.91. The van der Waals surface area contributed by atoms with Gasteiger partial charge in [-0.2, -0.15) is 0 Å². The summed E-state index contributed by atoms with van der Waals surface area (Å²) in [6.07, 6.45) is 9.70. The monoisotopic (exact) mass is 405 g/mol. The molecule has 0 aromatic carbocycles. The molecule has 1 N–H and O–H groups in total. The first kappa shape index (κ1) is 21.0. The van der Waals surface area contributed by atoms with Crippen LogP contribution in [0.2, 0.25) is 0 Å². The quantitative estimate of drug-likeness (QED) is 0.489. The highest BCUT2D eigenvalue weighted by Crippen LogP contribution is 2.09. The molecule has 31 heavy (non-hydrogen) atoms. The minimum absolute atomic E-state index is 0.114. The first-order valence-electron chi connectivity index (χ1n) is 9.22. The van der Waals surface area contributed by atoms with E-state index in [9.17, 15) is 0 Å². The van der Waals surface area contributed by atoms with E-state index in [0.717, 1.165) is 11.3 Å². The van der Waals surface area contributed by atoms with E-state index in [1.54, 1.807) is 44.2 Å². The first-order valence-corrected chi connectivity index (χ1v) is 9.22. The molecule has 0 bridgehead atoms. The number of hydrogen-bond acceptors (Lipinski definition) is 6. The van der Waals surface area contributed by atoms with E-state index in [1.807, 2.05) is 42.5 Å². The van der Waals surface area contributed by atoms with Gasteiger partial charge in [-0.25, -0.2) is 9.97 Å². The molecular formula is C25H18N4O2. The number of hydrogen-bond donors (Lipinski definition) is 1. The number of methoxy groups -OCH3 is 1. The Labute approximate surface area is 180 Å². The second-order valence-corrected chi connectivity index (χ2v) is 5.98. The van der Waals surface area contributed by atoms with Gasteiger partial charge in [0.25, 0.3) is 0 Å². The van der Waals surface area contributed by atoms with Crippen molar-refractivity contribution in [2.75, 3.05) is 7.11 Å². The Balaban J connectivity index is 0.000000176. The Morgan fingerprint density at radius 3 is 1.81 bits per heavy atom. The molecule has 0 aliphatic carbocycles. The van der Waals surface area contributed by atoms with Gasteiger partial charge in [-0.1, -0.05) is 24.0 Å². The minimum Gasteiger partial charge on any atom is -0.506 e. The molecule has 0 spiro atoms. The third-order valence-electron chi connectivity index (χ3n) is 3.67. The van der Waals surface area contributed by atoms with Crippen molar-refractivity contribution < 1.29 is 9.84 Å². The van der Waals surface area contributed by atoms with Crippen LogP contribution in [-0.4, -0.2) is 32.2 Å². The van der Waals surface area contributed by atoms with Gasteiger partial charge >= 0.3 is 0 Å². The average Bonchev–Trinajstić information content (AvgIpc) is 2.83. The van der Waals surface area contributed by atoms with Crippen molar-refractivity contribution in [3.63, 3.8) is 0 Å². The average molecular weight is 405 g/mol. The second-order valence-electron chi connectivity index (χ2n) is 5.98. The van der Waals surface area contributed by atoms with Gasteiger partial charge in [0.2, 0.25) is 0 Å². The Kier molecular flexibility index (Phi) is 7.70. The van der Waals surface area contributed by atoms with E-state index in [4.69, 9.17) is 9.84 Å². The van der Waals surface area contributed by atoms with Crippen LogP contribution in [0, 0.1) is 23.7 Å². The molecule has 150 valence electrons. The van der Waals surface area contributed by atoms with Crippen LogP contribution in [0.1, 0.15) is 22.5 Å². The van der Waals surface area contributed by atoms with Gasteiger partial charge in [0.1, 0.15) is 22.9 Å². The number of aromatic hydroxyl groups is 1. The SMILES string of the molecule is Oc1cncc(C#Cc2ccccn2)c1.[11CH3]Oc1cncc(C#Cc2ccccn2)c1. The normalized spacial score (nSPS) is 9.06. The molecule has 4 aromatic rings. The predicted molar refractivity (Wildman–Crippen MR) is 117 cm³/mol. The minimum atomic E-state index is 0.114. The van der Waals surface area contributed by atoms with Crippen molar-refractivity contribution in [2.24, 2.45) is 0 Å². The van der Waals surface area contributed by atoms with Crippen molar-refractivity contribution in [3.8, 4) is 35.2 Å². The van der Waals surface area contributed by atoms with Crippen LogP contribution in [0.15, 0.2) is 85.7 Å². The van der Waals surface area contributed by atoms with E-state index < -0.39 is 0 Å². The Bertz CT molecular complexity index is 1240. The fourth-order valence-corrected chi connectivity index (χ4v) is 2.24. The number of aromatic nitrogens is 4. The highest BCUT2D eigenvalue weighted by atomic mass is 16.4. The number of pyridine rings is 4. The molecule has 4 aromatic heterocycles. The molecule has 0 saturated heterocycles. The van der Waals surface area contributed by atoms with Gasteiger partial charge in [-0.15, -0.1) is 0 Å². The van der Waals surface area contributed by atoms with Crippen molar-refractivity contribution in [2.45, 2.75) is 0 Å². The van der Waals surface area contributed by atoms with Gasteiger partial charge in [-0.05, 0) is 48.2 Å². The van der Waals surface area contributed by atoms with Crippen LogP contribution in [0.4, 0.5) is 0 Å². The fraction of sp³-hybridized carbons (Fsp3) is 0.0400. The van der Waals surface area contributed by atoms with Crippen LogP contribution in [0.25, 0.3) is 0 Å². The lowest BCUT2D eigenvalue weighted by Gasteiger charge is -1.97. The molecule has 0 aliphatic rings. The van der Waals surface area contributed by atoms with Crippen LogP contribution >= 0.6 is 0 Å². The van der Waals surface area contributed by atoms with Crippen LogP contribution in [0.5, 0.6) is 11.5 Å². The second kappa shape index (κ2) is 11.4. The van der Waals surface area contributed by atoms with Crippen LogP contribution in [-0.2, 0) is 0 Å². The lowest BCUT2D eigenvalue weighted by atomic mass is 10.2. The van der Waals surface area contributed by atoms with E-state index in [0.29, 0.717) is 17.0 Å². The number of ether oxygens (including phenoxy) is 1. The largest absolute Gasteiger partial charge is 0.506 e. The number of rotatable bonds is 1. The summed E-state index contributed by atoms with van der Waals surface area (Å²) < 4.78 is 5.06. The summed E-state index contributed by atoms with van der Waals surface area (Å²) in [7, 11) is 1.60. The summed E-state index contributed by atoms with van der Waals surface area (Å²) in [5.74, 6) is 12.5. The topological polar surface area (TPSA) is 81.0 Å². The Morgan fingerprint density at radius 2 is 1.29 bits per heavy atom. The van der Waals surface area contributed by atoms with Crippen molar-refractivity contribution in [3.05, 3.63) is 108 Å². The molecule has 0 saturated carbocycles. The third kappa shape index (κ3) is 7.34. The van der Waals surface area contributed by atoms with Crippen molar-refractivity contribution >= 4 is 0 Å². The van der Waals surface area contributed by atoms with Crippen LogP contribution in [0.3, 0.4) is 0 Å². The molecule has 4 rings (SSSR count). The van der Waals surface area contributed by atoms with Gasteiger partial charge < -0.3 is 9.84 Å². The molecule has 0 atom stereocenters. The predicted octanol–water partition coefficient (Wildman–Crippen LogP) is 3.47. The first-order chi connectivity index (χ1) is 15.2. The molecule has 0 fully saturated rings. The standard InChI is InChI=1S/C13H10N2O.C12H8N2O/c1-16-13-8-11(9-14-10-13)5-6-12-4-2-3-7-15-12;15-12-7-10(8-13-9-12)4-5-11-3-1-2-6-14-11/h2-4,7-10H,1H3;1-3,6-9,15H/i1-1;. The third-order valence-corrected chi connectivity index (χ3v) is 3.67. The molecule has 6 nitrogen and oxygen atoms in total. The van der Waals surface area contributed by atoms with Gasteiger partial charge in [-0.3, -0.25) is 9.97 Å². The zero-order chi connectivity index (χ0) is 21.7. The molecule has 0 radical (unpaired) electrons. The van der Waals surface area contributed by atoms with Gasteiger partial charge in [0.05, 0.1) is 19.5 Å². The Hall–Kier alpha value is -4.68. The van der Waals surface area contributed by atoms with Crippen LogP contribution < -0.4 is 4.74 Å². The lowest BCUT2D eigenvalue weighted by molar-refractivity contribution is 0.413. The zero-order valence-corrected chi connectivity index (χ0v) is 16.7. The summed E-state index contributed by atoms with van der Waals surface area (Å²) >= 11 is 0. The van der Waals surface area contributed by atoms with E-state index >= 15 is 0 Å². The van der Waals surface area contributed by atoms with E-state index in [2.05, 4.69) is 43.6 Å². The maximum atomic E-state index is 9.16. The highest BCUT2D eigenvalue weighted by Gasteiger charge is 1.93. The summed E-state index contributed by atoms with van der Waals surface area (Å²) in [6.45, 7) is 0. The maximum Gasteiger partial charge on any atom is 0.138 e. The number of nitrogens with zero attached hydrogens (tertiary/aromatic N) is 4. The molecule has 4 heterocycles. The maximum absolute atomic E-state index is 9.16. The van der Waals surface area contributed by atoms with Gasteiger partial charge in [0, 0.05) is 35.9 Å². The zero-order valence-electron chi connectivity index (χ0n) is 16.7. The van der Waals surface area contributed by atoms with Gasteiger partial charge in [0.15, 0.2) is 0 Å². The molecule has 0 aliphatic heterocycles. The highest BCUT2D eigenvalue weighted by molar-refractivity contribution is 5.42. The molecule has 6 heteroatoms. The fourth-order valence-electron chi connectivity index (χ4n) is 2.24. The molecular weight excluding hydrogens is 387 g/mol. The summed E-state index contributed by atoms with van der Waals surface area (Å²) in [5, 5.41) is 9.16.